The maximum Gasteiger partial charge on any atom is 0.269 e. The third-order valence-electron chi connectivity index (χ3n) is 5.76. The quantitative estimate of drug-likeness (QED) is 0.676. The highest BCUT2D eigenvalue weighted by atomic mass is 16.6. The zero-order valence-electron chi connectivity index (χ0n) is 11.7. The van der Waals surface area contributed by atoms with Gasteiger partial charge in [0.1, 0.15) is 0 Å². The SMILES string of the molecule is CC(NC1C2C3CCC(C3)C12)c1cccc([N+](=O)[O-])c1. The summed E-state index contributed by atoms with van der Waals surface area (Å²) in [6.07, 6.45) is 4.31. The maximum absolute atomic E-state index is 10.8. The second-order valence-electron chi connectivity index (χ2n) is 6.75. The van der Waals surface area contributed by atoms with Gasteiger partial charge in [-0.15, -0.1) is 0 Å². The monoisotopic (exact) mass is 272 g/mol. The van der Waals surface area contributed by atoms with Crippen molar-refractivity contribution in [3.05, 3.63) is 39.9 Å². The number of fused-ring (bicyclic) bond motifs is 5. The third kappa shape index (κ3) is 1.78. The highest BCUT2D eigenvalue weighted by molar-refractivity contribution is 5.36. The smallest absolute Gasteiger partial charge is 0.269 e. The van der Waals surface area contributed by atoms with Gasteiger partial charge in [0.05, 0.1) is 4.92 Å². The third-order valence-corrected chi connectivity index (χ3v) is 5.76. The van der Waals surface area contributed by atoms with Crippen LogP contribution in [0.15, 0.2) is 24.3 Å². The molecule has 20 heavy (non-hydrogen) atoms. The molecule has 0 aliphatic heterocycles. The van der Waals surface area contributed by atoms with Crippen molar-refractivity contribution in [3.8, 4) is 0 Å². The molecule has 2 bridgehead atoms. The van der Waals surface area contributed by atoms with Crippen LogP contribution >= 0.6 is 0 Å². The fourth-order valence-corrected chi connectivity index (χ4v) is 4.84. The Kier molecular flexibility index (Phi) is 2.64. The average molecular weight is 272 g/mol. The van der Waals surface area contributed by atoms with Crippen molar-refractivity contribution in [1.29, 1.82) is 0 Å². The van der Waals surface area contributed by atoms with E-state index in [0.29, 0.717) is 6.04 Å². The van der Waals surface area contributed by atoms with Gasteiger partial charge in [0.15, 0.2) is 0 Å². The van der Waals surface area contributed by atoms with E-state index in [4.69, 9.17) is 0 Å². The Balaban J connectivity index is 1.45. The molecular formula is C16H20N2O2. The Morgan fingerprint density at radius 3 is 2.65 bits per heavy atom. The lowest BCUT2D eigenvalue weighted by atomic mass is 10.0. The minimum Gasteiger partial charge on any atom is -0.307 e. The van der Waals surface area contributed by atoms with Gasteiger partial charge in [-0.2, -0.15) is 0 Å². The minimum atomic E-state index is -0.317. The molecule has 0 amide bonds. The largest absolute Gasteiger partial charge is 0.307 e. The van der Waals surface area contributed by atoms with Gasteiger partial charge in [-0.25, -0.2) is 0 Å². The summed E-state index contributed by atoms with van der Waals surface area (Å²) in [5, 5.41) is 14.6. The molecule has 0 heterocycles. The molecule has 0 saturated heterocycles. The van der Waals surface area contributed by atoms with E-state index in [1.165, 1.54) is 19.3 Å². The predicted octanol–water partition coefficient (Wildman–Crippen LogP) is 3.29. The summed E-state index contributed by atoms with van der Waals surface area (Å²) in [6, 6.07) is 7.88. The van der Waals surface area contributed by atoms with Crippen molar-refractivity contribution in [2.24, 2.45) is 23.7 Å². The Hall–Kier alpha value is -1.42. The summed E-state index contributed by atoms with van der Waals surface area (Å²) in [5.41, 5.74) is 1.21. The number of hydrogen-bond donors (Lipinski definition) is 1. The van der Waals surface area contributed by atoms with E-state index in [-0.39, 0.29) is 16.7 Å². The molecule has 4 heteroatoms. The van der Waals surface area contributed by atoms with Gasteiger partial charge < -0.3 is 5.32 Å². The molecule has 1 N–H and O–H groups in total. The van der Waals surface area contributed by atoms with Crippen LogP contribution in [0.4, 0.5) is 5.69 Å². The fraction of sp³-hybridized carbons (Fsp3) is 0.625. The van der Waals surface area contributed by atoms with Crippen LogP contribution in [0.25, 0.3) is 0 Å². The lowest BCUT2D eigenvalue weighted by molar-refractivity contribution is -0.384. The van der Waals surface area contributed by atoms with Gasteiger partial charge in [0.25, 0.3) is 5.69 Å². The van der Waals surface area contributed by atoms with Crippen molar-refractivity contribution < 1.29 is 4.92 Å². The molecule has 4 rings (SSSR count). The first-order chi connectivity index (χ1) is 9.65. The molecule has 1 aromatic carbocycles. The molecule has 3 aliphatic rings. The molecule has 0 aromatic heterocycles. The lowest BCUT2D eigenvalue weighted by Gasteiger charge is -2.17. The van der Waals surface area contributed by atoms with E-state index in [9.17, 15) is 10.1 Å². The molecule has 3 aliphatic carbocycles. The molecule has 0 spiro atoms. The Morgan fingerprint density at radius 1 is 1.30 bits per heavy atom. The Morgan fingerprint density at radius 2 is 2.00 bits per heavy atom. The summed E-state index contributed by atoms with van der Waals surface area (Å²) < 4.78 is 0. The van der Waals surface area contributed by atoms with Gasteiger partial charge in [-0.1, -0.05) is 12.1 Å². The highest BCUT2D eigenvalue weighted by Gasteiger charge is 2.64. The van der Waals surface area contributed by atoms with Crippen molar-refractivity contribution >= 4 is 5.69 Å². The highest BCUT2D eigenvalue weighted by Crippen LogP contribution is 2.65. The number of rotatable bonds is 4. The normalized spacial score (nSPS) is 38.5. The summed E-state index contributed by atoms with van der Waals surface area (Å²) in [6.45, 7) is 2.12. The van der Waals surface area contributed by atoms with Crippen LogP contribution in [0.3, 0.4) is 0 Å². The number of benzene rings is 1. The molecule has 3 fully saturated rings. The lowest BCUT2D eigenvalue weighted by Crippen LogP contribution is -2.26. The number of hydrogen-bond acceptors (Lipinski definition) is 3. The van der Waals surface area contributed by atoms with Gasteiger partial charge in [0, 0.05) is 24.2 Å². The Labute approximate surface area is 118 Å². The van der Waals surface area contributed by atoms with Crippen LogP contribution < -0.4 is 5.32 Å². The van der Waals surface area contributed by atoms with Crippen molar-refractivity contribution in [2.45, 2.75) is 38.3 Å². The van der Waals surface area contributed by atoms with Gasteiger partial charge >= 0.3 is 0 Å². The molecular weight excluding hydrogens is 252 g/mol. The van der Waals surface area contributed by atoms with Crippen LogP contribution in [-0.4, -0.2) is 11.0 Å². The van der Waals surface area contributed by atoms with Crippen molar-refractivity contribution in [3.63, 3.8) is 0 Å². The number of nitro benzene ring substituents is 1. The van der Waals surface area contributed by atoms with E-state index in [0.717, 1.165) is 29.2 Å². The molecule has 5 atom stereocenters. The molecule has 1 aromatic rings. The molecule has 4 nitrogen and oxygen atoms in total. The van der Waals surface area contributed by atoms with E-state index < -0.39 is 0 Å². The van der Waals surface area contributed by atoms with E-state index >= 15 is 0 Å². The maximum atomic E-state index is 10.8. The second-order valence-corrected chi connectivity index (χ2v) is 6.75. The topological polar surface area (TPSA) is 55.2 Å². The summed E-state index contributed by atoms with van der Waals surface area (Å²) >= 11 is 0. The first-order valence-corrected chi connectivity index (χ1v) is 7.65. The predicted molar refractivity (Wildman–Crippen MR) is 76.2 cm³/mol. The number of nitrogens with one attached hydrogen (secondary N) is 1. The van der Waals surface area contributed by atoms with E-state index in [1.807, 2.05) is 6.07 Å². The van der Waals surface area contributed by atoms with Crippen LogP contribution in [0, 0.1) is 33.8 Å². The standard InChI is InChI=1S/C16H20N2O2/c1-9(10-3-2-4-13(8-10)18(19)20)17-16-14-11-5-6-12(7-11)15(14)16/h2-4,8-9,11-12,14-17H,5-7H2,1H3. The van der Waals surface area contributed by atoms with E-state index in [2.05, 4.69) is 12.2 Å². The van der Waals surface area contributed by atoms with Crippen molar-refractivity contribution in [1.82, 2.24) is 5.32 Å². The van der Waals surface area contributed by atoms with Crippen LogP contribution in [0.1, 0.15) is 37.8 Å². The van der Waals surface area contributed by atoms with Gasteiger partial charge in [-0.3, -0.25) is 10.1 Å². The first-order valence-electron chi connectivity index (χ1n) is 7.65. The fourth-order valence-electron chi connectivity index (χ4n) is 4.84. The van der Waals surface area contributed by atoms with Gasteiger partial charge in [-0.05, 0) is 55.4 Å². The van der Waals surface area contributed by atoms with Crippen LogP contribution in [0.5, 0.6) is 0 Å². The summed E-state index contributed by atoms with van der Waals surface area (Å²) in [7, 11) is 0. The second kappa shape index (κ2) is 4.29. The molecule has 3 saturated carbocycles. The zero-order chi connectivity index (χ0) is 13.9. The van der Waals surface area contributed by atoms with Crippen molar-refractivity contribution in [2.75, 3.05) is 0 Å². The minimum absolute atomic E-state index is 0.187. The average Bonchev–Trinajstić information content (AvgIpc) is 2.84. The zero-order valence-corrected chi connectivity index (χ0v) is 11.7. The molecule has 106 valence electrons. The van der Waals surface area contributed by atoms with Gasteiger partial charge in [0.2, 0.25) is 0 Å². The van der Waals surface area contributed by atoms with Crippen LogP contribution in [-0.2, 0) is 0 Å². The Bertz CT molecular complexity index is 543. The molecule has 5 unspecified atom stereocenters. The summed E-state index contributed by atoms with van der Waals surface area (Å²) in [5.74, 6) is 3.71. The first kappa shape index (κ1) is 12.3. The number of non-ortho nitro benzene ring substituents is 1. The molecule has 0 radical (unpaired) electrons. The summed E-state index contributed by atoms with van der Waals surface area (Å²) in [4.78, 5) is 10.5. The van der Waals surface area contributed by atoms with E-state index in [1.54, 1.807) is 18.2 Å². The number of nitrogens with zero attached hydrogens (tertiary/aromatic N) is 1. The number of nitro groups is 1. The van der Waals surface area contributed by atoms with Crippen LogP contribution in [0.2, 0.25) is 0 Å².